The van der Waals surface area contributed by atoms with Gasteiger partial charge in [0, 0.05) is 35.9 Å². The van der Waals surface area contributed by atoms with Crippen LogP contribution in [-0.4, -0.2) is 26.1 Å². The summed E-state index contributed by atoms with van der Waals surface area (Å²) in [5.74, 6) is 0.175. The summed E-state index contributed by atoms with van der Waals surface area (Å²) in [5, 5.41) is 0.739. The lowest BCUT2D eigenvalue weighted by molar-refractivity contribution is 0.102. The molecule has 0 atom stereocenters. The van der Waals surface area contributed by atoms with Crippen molar-refractivity contribution in [3.8, 4) is 0 Å². The first-order valence-corrected chi connectivity index (χ1v) is 8.59. The minimum atomic E-state index is -0.245. The van der Waals surface area contributed by atoms with E-state index in [2.05, 4.69) is 14.5 Å². The average molecular weight is 343 g/mol. The minimum absolute atomic E-state index is 0.0786. The van der Waals surface area contributed by atoms with Crippen LogP contribution in [0.2, 0.25) is 0 Å². The van der Waals surface area contributed by atoms with Crippen molar-refractivity contribution in [2.45, 2.75) is 25.5 Å². The number of rotatable bonds is 6. The molecule has 1 aromatic carbocycles. The van der Waals surface area contributed by atoms with Crippen molar-refractivity contribution in [2.75, 3.05) is 5.75 Å². The lowest BCUT2D eigenvalue weighted by atomic mass is 10.2. The van der Waals surface area contributed by atoms with Gasteiger partial charge in [0.1, 0.15) is 5.82 Å². The molecule has 0 saturated carbocycles. The summed E-state index contributed by atoms with van der Waals surface area (Å²) in [6, 6.07) is 8.36. The van der Waals surface area contributed by atoms with Crippen LogP contribution in [0.1, 0.15) is 27.3 Å². The van der Waals surface area contributed by atoms with Gasteiger partial charge in [0.05, 0.1) is 5.75 Å². The zero-order valence-electron chi connectivity index (χ0n) is 13.5. The smallest absolute Gasteiger partial charge is 0.175 e. The van der Waals surface area contributed by atoms with Gasteiger partial charge >= 0.3 is 0 Å². The molecule has 0 unspecified atom stereocenters. The number of aryl methyl sites for hydroxylation is 1. The van der Waals surface area contributed by atoms with E-state index in [-0.39, 0.29) is 11.6 Å². The number of ketones is 1. The van der Waals surface area contributed by atoms with E-state index in [1.807, 2.05) is 19.9 Å². The standard InChI is InChI=1S/C18H18FN3OS/c1-12-9-16(17(23)11-24-18-20-7-8-21-18)13(2)22(12)10-14-3-5-15(19)6-4-14/h3-9H,10-11H2,1-2H3,(H,20,21). The number of thioether (sulfide) groups is 1. The minimum Gasteiger partial charge on any atom is -0.344 e. The van der Waals surface area contributed by atoms with Crippen LogP contribution in [0.25, 0.3) is 0 Å². The molecule has 0 fully saturated rings. The van der Waals surface area contributed by atoms with E-state index in [0.717, 1.165) is 27.7 Å². The van der Waals surface area contributed by atoms with E-state index < -0.39 is 0 Å². The van der Waals surface area contributed by atoms with E-state index in [9.17, 15) is 9.18 Å². The highest BCUT2D eigenvalue weighted by atomic mass is 32.2. The summed E-state index contributed by atoms with van der Waals surface area (Å²) in [6.07, 6.45) is 3.41. The van der Waals surface area contributed by atoms with Crippen LogP contribution in [0.15, 0.2) is 47.9 Å². The maximum atomic E-state index is 13.0. The van der Waals surface area contributed by atoms with Crippen LogP contribution in [-0.2, 0) is 6.54 Å². The lowest BCUT2D eigenvalue weighted by Gasteiger charge is -2.10. The number of aromatic nitrogens is 3. The van der Waals surface area contributed by atoms with Crippen molar-refractivity contribution < 1.29 is 9.18 Å². The van der Waals surface area contributed by atoms with Crippen molar-refractivity contribution >= 4 is 17.5 Å². The molecule has 2 heterocycles. The van der Waals surface area contributed by atoms with E-state index >= 15 is 0 Å². The van der Waals surface area contributed by atoms with Gasteiger partial charge in [0.25, 0.3) is 0 Å². The molecule has 3 rings (SSSR count). The number of benzene rings is 1. The number of nitrogens with one attached hydrogen (secondary N) is 1. The number of aromatic amines is 1. The number of Topliss-reactive ketones (excluding diaryl/α,β-unsaturated/α-hetero) is 1. The quantitative estimate of drug-likeness (QED) is 0.544. The van der Waals surface area contributed by atoms with Gasteiger partial charge in [-0.25, -0.2) is 9.37 Å². The maximum Gasteiger partial charge on any atom is 0.175 e. The normalized spacial score (nSPS) is 11.0. The van der Waals surface area contributed by atoms with Gasteiger partial charge < -0.3 is 9.55 Å². The van der Waals surface area contributed by atoms with Gasteiger partial charge in [-0.2, -0.15) is 0 Å². The fourth-order valence-corrected chi connectivity index (χ4v) is 3.35. The van der Waals surface area contributed by atoms with Crippen molar-refractivity contribution in [3.63, 3.8) is 0 Å². The van der Waals surface area contributed by atoms with Crippen molar-refractivity contribution in [1.29, 1.82) is 0 Å². The van der Waals surface area contributed by atoms with Gasteiger partial charge in [-0.3, -0.25) is 4.79 Å². The zero-order chi connectivity index (χ0) is 17.1. The number of H-pyrrole nitrogens is 1. The highest BCUT2D eigenvalue weighted by molar-refractivity contribution is 7.99. The van der Waals surface area contributed by atoms with Gasteiger partial charge in [-0.05, 0) is 37.6 Å². The molecular weight excluding hydrogens is 325 g/mol. The van der Waals surface area contributed by atoms with Crippen LogP contribution >= 0.6 is 11.8 Å². The van der Waals surface area contributed by atoms with E-state index in [4.69, 9.17) is 0 Å². The highest BCUT2D eigenvalue weighted by Crippen LogP contribution is 2.21. The molecule has 0 saturated heterocycles. The molecule has 0 aliphatic heterocycles. The molecule has 6 heteroatoms. The SMILES string of the molecule is Cc1cc(C(=O)CSc2ncc[nH]2)c(C)n1Cc1ccc(F)cc1. The summed E-state index contributed by atoms with van der Waals surface area (Å²) >= 11 is 1.39. The number of hydrogen-bond donors (Lipinski definition) is 1. The van der Waals surface area contributed by atoms with Crippen LogP contribution < -0.4 is 0 Å². The molecule has 3 aromatic rings. The number of carbonyl (C=O) groups excluding carboxylic acids is 1. The topological polar surface area (TPSA) is 50.7 Å². The van der Waals surface area contributed by atoms with Crippen LogP contribution in [0.4, 0.5) is 4.39 Å². The summed E-state index contributed by atoms with van der Waals surface area (Å²) in [4.78, 5) is 19.6. The third-order valence-electron chi connectivity index (χ3n) is 3.94. The molecule has 0 spiro atoms. The Hall–Kier alpha value is -2.34. The number of carbonyl (C=O) groups is 1. The number of nitrogens with zero attached hydrogens (tertiary/aromatic N) is 2. The fourth-order valence-electron chi connectivity index (χ4n) is 2.64. The molecule has 0 amide bonds. The molecule has 0 bridgehead atoms. The highest BCUT2D eigenvalue weighted by Gasteiger charge is 2.16. The first-order chi connectivity index (χ1) is 11.5. The van der Waals surface area contributed by atoms with E-state index in [0.29, 0.717) is 12.3 Å². The predicted molar refractivity (Wildman–Crippen MR) is 93.1 cm³/mol. The third-order valence-corrected chi connectivity index (χ3v) is 4.84. The molecule has 1 N–H and O–H groups in total. The average Bonchev–Trinajstić information content (AvgIpc) is 3.18. The van der Waals surface area contributed by atoms with Crippen LogP contribution in [0.3, 0.4) is 0 Å². The molecule has 0 aliphatic rings. The third kappa shape index (κ3) is 3.59. The largest absolute Gasteiger partial charge is 0.344 e. The Morgan fingerprint density at radius 1 is 1.29 bits per heavy atom. The Kier molecular flexibility index (Phi) is 4.85. The second-order valence-electron chi connectivity index (χ2n) is 5.60. The van der Waals surface area contributed by atoms with Crippen molar-refractivity contribution in [2.24, 2.45) is 0 Å². The number of hydrogen-bond acceptors (Lipinski definition) is 3. The van der Waals surface area contributed by atoms with Crippen LogP contribution in [0.5, 0.6) is 0 Å². The zero-order valence-corrected chi connectivity index (χ0v) is 14.4. The molecule has 4 nitrogen and oxygen atoms in total. The van der Waals surface area contributed by atoms with Gasteiger partial charge in [-0.1, -0.05) is 23.9 Å². The molecule has 124 valence electrons. The fraction of sp³-hybridized carbons (Fsp3) is 0.222. The number of halogens is 1. The lowest BCUT2D eigenvalue weighted by Crippen LogP contribution is -2.07. The van der Waals surface area contributed by atoms with Crippen molar-refractivity contribution in [3.05, 3.63) is 71.1 Å². The van der Waals surface area contributed by atoms with Gasteiger partial charge in [0.15, 0.2) is 10.9 Å². The summed E-state index contributed by atoms with van der Waals surface area (Å²) in [6.45, 7) is 4.55. The molecular formula is C18H18FN3OS. The second-order valence-corrected chi connectivity index (χ2v) is 6.57. The summed E-state index contributed by atoms with van der Waals surface area (Å²) < 4.78 is 15.1. The second kappa shape index (κ2) is 7.05. The van der Waals surface area contributed by atoms with Crippen LogP contribution in [0, 0.1) is 19.7 Å². The molecule has 24 heavy (non-hydrogen) atoms. The summed E-state index contributed by atoms with van der Waals surface area (Å²) in [5.41, 5.74) is 3.68. The maximum absolute atomic E-state index is 13.0. The first kappa shape index (κ1) is 16.5. The Morgan fingerprint density at radius 2 is 2.04 bits per heavy atom. The van der Waals surface area contributed by atoms with E-state index in [1.165, 1.54) is 23.9 Å². The monoisotopic (exact) mass is 343 g/mol. The summed E-state index contributed by atoms with van der Waals surface area (Å²) in [7, 11) is 0. The Balaban J connectivity index is 1.75. The van der Waals surface area contributed by atoms with E-state index in [1.54, 1.807) is 24.5 Å². The Bertz CT molecular complexity index is 838. The molecule has 2 aromatic heterocycles. The molecule has 0 aliphatic carbocycles. The number of imidazole rings is 1. The Morgan fingerprint density at radius 3 is 2.71 bits per heavy atom. The van der Waals surface area contributed by atoms with Gasteiger partial charge in [-0.15, -0.1) is 0 Å². The van der Waals surface area contributed by atoms with Gasteiger partial charge in [0.2, 0.25) is 0 Å². The first-order valence-electron chi connectivity index (χ1n) is 7.61. The van der Waals surface area contributed by atoms with Crippen molar-refractivity contribution in [1.82, 2.24) is 14.5 Å². The predicted octanol–water partition coefficient (Wildman–Crippen LogP) is 3.99. The molecule has 0 radical (unpaired) electrons. The Labute approximate surface area is 144 Å².